The molecular weight excluding hydrogens is 310 g/mol. The van der Waals surface area contributed by atoms with Gasteiger partial charge in [-0.25, -0.2) is 4.79 Å². The second-order valence-electron chi connectivity index (χ2n) is 5.25. The number of hydrogen-bond acceptors (Lipinski definition) is 4. The summed E-state index contributed by atoms with van der Waals surface area (Å²) in [7, 11) is 3.07. The van der Waals surface area contributed by atoms with Crippen molar-refractivity contribution < 1.29 is 24.2 Å². The van der Waals surface area contributed by atoms with E-state index in [1.165, 1.54) is 19.2 Å². The number of aryl methyl sites for hydroxylation is 1. The maximum absolute atomic E-state index is 12.2. The highest BCUT2D eigenvalue weighted by atomic mass is 16.5. The van der Waals surface area contributed by atoms with Gasteiger partial charge in [-0.3, -0.25) is 4.79 Å². The Morgan fingerprint density at radius 3 is 2.38 bits per heavy atom. The number of anilines is 1. The lowest BCUT2D eigenvalue weighted by Crippen LogP contribution is -2.15. The van der Waals surface area contributed by atoms with Gasteiger partial charge in [-0.1, -0.05) is 12.1 Å². The maximum Gasteiger partial charge on any atom is 0.335 e. The van der Waals surface area contributed by atoms with Gasteiger partial charge in [-0.15, -0.1) is 0 Å². The van der Waals surface area contributed by atoms with Crippen molar-refractivity contribution in [2.24, 2.45) is 0 Å². The van der Waals surface area contributed by atoms with E-state index >= 15 is 0 Å². The van der Waals surface area contributed by atoms with Crippen LogP contribution in [0.15, 0.2) is 36.4 Å². The Balaban J connectivity index is 2.14. The number of carbonyl (C=O) groups excluding carboxylic acids is 1. The van der Waals surface area contributed by atoms with E-state index in [4.69, 9.17) is 14.6 Å². The molecule has 0 fully saturated rings. The van der Waals surface area contributed by atoms with Crippen LogP contribution in [0.3, 0.4) is 0 Å². The minimum Gasteiger partial charge on any atom is -0.493 e. The van der Waals surface area contributed by atoms with Crippen LogP contribution >= 0.6 is 0 Å². The number of hydrogen-bond donors (Lipinski definition) is 2. The van der Waals surface area contributed by atoms with E-state index in [-0.39, 0.29) is 17.9 Å². The predicted molar refractivity (Wildman–Crippen MR) is 90.0 cm³/mol. The normalized spacial score (nSPS) is 10.1. The molecule has 6 heteroatoms. The fourth-order valence-electron chi connectivity index (χ4n) is 2.26. The number of benzene rings is 2. The monoisotopic (exact) mass is 329 g/mol. The molecule has 0 aliphatic heterocycles. The standard InChI is InChI=1S/C18H19NO5/c1-11-4-6-13(18(21)22)10-14(11)19-17(20)9-12-5-7-15(23-2)16(8-12)24-3/h4-8,10H,9H2,1-3H3,(H,19,20)(H,21,22). The van der Waals surface area contributed by atoms with Gasteiger partial charge in [-0.05, 0) is 42.3 Å². The Hall–Kier alpha value is -3.02. The number of amides is 1. The minimum atomic E-state index is -1.04. The smallest absolute Gasteiger partial charge is 0.335 e. The Labute approximate surface area is 140 Å². The molecule has 1 amide bonds. The molecule has 0 radical (unpaired) electrons. The van der Waals surface area contributed by atoms with Crippen LogP contribution in [0.2, 0.25) is 0 Å². The van der Waals surface area contributed by atoms with Crippen LogP contribution in [-0.2, 0) is 11.2 Å². The third kappa shape index (κ3) is 4.04. The second-order valence-corrected chi connectivity index (χ2v) is 5.25. The molecule has 126 valence electrons. The van der Waals surface area contributed by atoms with E-state index in [9.17, 15) is 9.59 Å². The summed E-state index contributed by atoms with van der Waals surface area (Å²) in [6, 6.07) is 9.86. The van der Waals surface area contributed by atoms with Crippen molar-refractivity contribution >= 4 is 17.6 Å². The lowest BCUT2D eigenvalue weighted by atomic mass is 10.1. The summed E-state index contributed by atoms with van der Waals surface area (Å²) in [5, 5.41) is 11.8. The number of carbonyl (C=O) groups is 2. The third-order valence-corrected chi connectivity index (χ3v) is 3.57. The molecule has 0 spiro atoms. The fraction of sp³-hybridized carbons (Fsp3) is 0.222. The quantitative estimate of drug-likeness (QED) is 0.851. The number of carboxylic acids is 1. The van der Waals surface area contributed by atoms with Crippen LogP contribution in [0.4, 0.5) is 5.69 Å². The Morgan fingerprint density at radius 2 is 1.75 bits per heavy atom. The number of rotatable bonds is 6. The first-order valence-electron chi connectivity index (χ1n) is 7.29. The zero-order valence-electron chi connectivity index (χ0n) is 13.8. The van der Waals surface area contributed by atoms with Crippen LogP contribution < -0.4 is 14.8 Å². The van der Waals surface area contributed by atoms with Gasteiger partial charge in [-0.2, -0.15) is 0 Å². The fourth-order valence-corrected chi connectivity index (χ4v) is 2.26. The van der Waals surface area contributed by atoms with Crippen molar-refractivity contribution in [2.75, 3.05) is 19.5 Å². The van der Waals surface area contributed by atoms with E-state index in [2.05, 4.69) is 5.32 Å². The first-order valence-corrected chi connectivity index (χ1v) is 7.29. The lowest BCUT2D eigenvalue weighted by molar-refractivity contribution is -0.115. The summed E-state index contributed by atoms with van der Waals surface area (Å²) in [5.74, 6) is -0.142. The average Bonchev–Trinajstić information content (AvgIpc) is 2.56. The molecule has 0 unspecified atom stereocenters. The molecule has 2 rings (SSSR count). The molecule has 24 heavy (non-hydrogen) atoms. The number of methoxy groups -OCH3 is 2. The van der Waals surface area contributed by atoms with E-state index in [1.807, 2.05) is 0 Å². The molecule has 0 saturated heterocycles. The van der Waals surface area contributed by atoms with Crippen molar-refractivity contribution in [1.82, 2.24) is 0 Å². The SMILES string of the molecule is COc1ccc(CC(=O)Nc2cc(C(=O)O)ccc2C)cc1OC. The molecule has 0 bridgehead atoms. The zero-order valence-corrected chi connectivity index (χ0v) is 13.8. The van der Waals surface area contributed by atoms with Crippen LogP contribution in [0.25, 0.3) is 0 Å². The van der Waals surface area contributed by atoms with Gasteiger partial charge in [0.05, 0.1) is 26.2 Å². The molecule has 0 atom stereocenters. The molecule has 0 aromatic heterocycles. The topological polar surface area (TPSA) is 84.9 Å². The molecule has 2 aromatic rings. The van der Waals surface area contributed by atoms with E-state index in [0.717, 1.165) is 11.1 Å². The highest BCUT2D eigenvalue weighted by Crippen LogP contribution is 2.28. The zero-order chi connectivity index (χ0) is 17.7. The summed E-state index contributed by atoms with van der Waals surface area (Å²) in [6.45, 7) is 1.80. The summed E-state index contributed by atoms with van der Waals surface area (Å²) in [6.07, 6.45) is 0.136. The van der Waals surface area contributed by atoms with E-state index in [1.54, 1.807) is 38.3 Å². The van der Waals surface area contributed by atoms with Gasteiger partial charge < -0.3 is 19.9 Å². The summed E-state index contributed by atoms with van der Waals surface area (Å²) in [5.41, 5.74) is 2.17. The predicted octanol–water partition coefficient (Wildman–Crippen LogP) is 2.89. The molecule has 0 heterocycles. The maximum atomic E-state index is 12.2. The van der Waals surface area contributed by atoms with Gasteiger partial charge in [0.1, 0.15) is 0 Å². The summed E-state index contributed by atoms with van der Waals surface area (Å²) in [4.78, 5) is 23.3. The third-order valence-electron chi connectivity index (χ3n) is 3.57. The number of carboxylic acid groups (broad SMARTS) is 1. The van der Waals surface area contributed by atoms with Gasteiger partial charge in [0.25, 0.3) is 0 Å². The van der Waals surface area contributed by atoms with Crippen molar-refractivity contribution in [1.29, 1.82) is 0 Å². The Bertz CT molecular complexity index is 770. The van der Waals surface area contributed by atoms with Gasteiger partial charge in [0.2, 0.25) is 5.91 Å². The van der Waals surface area contributed by atoms with Crippen molar-refractivity contribution in [2.45, 2.75) is 13.3 Å². The number of aromatic carboxylic acids is 1. The summed E-state index contributed by atoms with van der Waals surface area (Å²) < 4.78 is 10.4. The molecule has 2 N–H and O–H groups in total. The van der Waals surface area contributed by atoms with Crippen molar-refractivity contribution in [3.8, 4) is 11.5 Å². The average molecular weight is 329 g/mol. The van der Waals surface area contributed by atoms with Crippen molar-refractivity contribution in [3.63, 3.8) is 0 Å². The van der Waals surface area contributed by atoms with Crippen LogP contribution in [0, 0.1) is 6.92 Å². The second kappa shape index (κ2) is 7.50. The summed E-state index contributed by atoms with van der Waals surface area (Å²) >= 11 is 0. The van der Waals surface area contributed by atoms with Crippen LogP contribution in [-0.4, -0.2) is 31.2 Å². The number of ether oxygens (including phenoxy) is 2. The minimum absolute atomic E-state index is 0.127. The van der Waals surface area contributed by atoms with E-state index < -0.39 is 5.97 Å². The molecule has 0 aliphatic rings. The van der Waals surface area contributed by atoms with Crippen LogP contribution in [0.5, 0.6) is 11.5 Å². The molecular formula is C18H19NO5. The van der Waals surface area contributed by atoms with Crippen molar-refractivity contribution in [3.05, 3.63) is 53.1 Å². The van der Waals surface area contributed by atoms with Gasteiger partial charge in [0, 0.05) is 5.69 Å². The van der Waals surface area contributed by atoms with E-state index in [0.29, 0.717) is 17.2 Å². The first-order chi connectivity index (χ1) is 11.4. The van der Waals surface area contributed by atoms with Gasteiger partial charge in [0.15, 0.2) is 11.5 Å². The Kier molecular flexibility index (Phi) is 5.42. The molecule has 0 aliphatic carbocycles. The molecule has 6 nitrogen and oxygen atoms in total. The highest BCUT2D eigenvalue weighted by Gasteiger charge is 2.11. The highest BCUT2D eigenvalue weighted by molar-refractivity contribution is 5.95. The molecule has 0 saturated carbocycles. The lowest BCUT2D eigenvalue weighted by Gasteiger charge is -2.11. The Morgan fingerprint density at radius 1 is 1.04 bits per heavy atom. The van der Waals surface area contributed by atoms with Gasteiger partial charge >= 0.3 is 5.97 Å². The van der Waals surface area contributed by atoms with Crippen LogP contribution in [0.1, 0.15) is 21.5 Å². The first kappa shape index (κ1) is 17.3. The number of nitrogens with one attached hydrogen (secondary N) is 1. The molecule has 2 aromatic carbocycles. The largest absolute Gasteiger partial charge is 0.493 e.